The van der Waals surface area contributed by atoms with Gasteiger partial charge in [-0.25, -0.2) is 4.79 Å². The number of methoxy groups -OCH3 is 1. The number of para-hydroxylation sites is 1. The number of benzene rings is 1. The summed E-state index contributed by atoms with van der Waals surface area (Å²) in [6.07, 6.45) is 3.64. The van der Waals surface area contributed by atoms with E-state index in [1.165, 1.54) is 18.2 Å². The van der Waals surface area contributed by atoms with Gasteiger partial charge < -0.3 is 4.74 Å². The Morgan fingerprint density at radius 1 is 1.22 bits per heavy atom. The van der Waals surface area contributed by atoms with Gasteiger partial charge in [0.2, 0.25) is 0 Å². The molecule has 0 bridgehead atoms. The van der Waals surface area contributed by atoms with Gasteiger partial charge in [0, 0.05) is 18.1 Å². The number of hydrogen-bond donors (Lipinski definition) is 0. The molecule has 0 N–H and O–H groups in total. The lowest BCUT2D eigenvalue weighted by atomic mass is 10.1. The standard InChI is InChI=1S/C18H20N2O3/c1-4-16(18(22)23-3)20(15-8-6-5-7-9-15)17(21)14-10-13(2)11-19-12-14/h5-12,16H,4H2,1-3H3/t16-/m1/s1. The van der Waals surface area contributed by atoms with E-state index in [2.05, 4.69) is 4.98 Å². The molecule has 120 valence electrons. The van der Waals surface area contributed by atoms with Crippen molar-refractivity contribution < 1.29 is 14.3 Å². The van der Waals surface area contributed by atoms with Crippen LogP contribution in [0.25, 0.3) is 0 Å². The van der Waals surface area contributed by atoms with Crippen LogP contribution in [0.5, 0.6) is 0 Å². The van der Waals surface area contributed by atoms with Gasteiger partial charge in [0.1, 0.15) is 6.04 Å². The first kappa shape index (κ1) is 16.7. The van der Waals surface area contributed by atoms with E-state index in [9.17, 15) is 9.59 Å². The highest BCUT2D eigenvalue weighted by Gasteiger charge is 2.31. The van der Waals surface area contributed by atoms with E-state index in [-0.39, 0.29) is 5.91 Å². The number of carbonyl (C=O) groups is 2. The smallest absolute Gasteiger partial charge is 0.328 e. The lowest BCUT2D eigenvalue weighted by Crippen LogP contribution is -2.45. The lowest BCUT2D eigenvalue weighted by molar-refractivity contribution is -0.142. The van der Waals surface area contributed by atoms with Crippen molar-refractivity contribution in [2.24, 2.45) is 0 Å². The van der Waals surface area contributed by atoms with Crippen LogP contribution in [0.15, 0.2) is 48.8 Å². The molecule has 0 aliphatic rings. The molecular weight excluding hydrogens is 292 g/mol. The third kappa shape index (κ3) is 3.74. The number of amides is 1. The van der Waals surface area contributed by atoms with Gasteiger partial charge in [-0.2, -0.15) is 0 Å². The van der Waals surface area contributed by atoms with Gasteiger partial charge in [-0.15, -0.1) is 0 Å². The van der Waals surface area contributed by atoms with Crippen LogP contribution in [0, 0.1) is 6.92 Å². The molecule has 0 fully saturated rings. The third-order valence-electron chi connectivity index (χ3n) is 3.55. The summed E-state index contributed by atoms with van der Waals surface area (Å²) in [6.45, 7) is 3.72. The Morgan fingerprint density at radius 3 is 2.48 bits per heavy atom. The van der Waals surface area contributed by atoms with Crippen LogP contribution in [-0.2, 0) is 9.53 Å². The molecule has 1 atom stereocenters. The Balaban J connectivity index is 2.49. The largest absolute Gasteiger partial charge is 0.467 e. The molecule has 1 heterocycles. The molecule has 1 aromatic heterocycles. The first-order chi connectivity index (χ1) is 11.1. The van der Waals surface area contributed by atoms with Crippen LogP contribution < -0.4 is 4.90 Å². The van der Waals surface area contributed by atoms with Crippen molar-refractivity contribution in [1.82, 2.24) is 4.98 Å². The number of hydrogen-bond acceptors (Lipinski definition) is 4. The van der Waals surface area contributed by atoms with Gasteiger partial charge in [-0.05, 0) is 37.1 Å². The van der Waals surface area contributed by atoms with E-state index in [1.54, 1.807) is 24.4 Å². The van der Waals surface area contributed by atoms with E-state index in [0.29, 0.717) is 17.7 Å². The highest BCUT2D eigenvalue weighted by Crippen LogP contribution is 2.22. The minimum atomic E-state index is -0.685. The average molecular weight is 312 g/mol. The first-order valence-electron chi connectivity index (χ1n) is 7.46. The second-order valence-electron chi connectivity index (χ2n) is 5.21. The number of aryl methyl sites for hydroxylation is 1. The Kier molecular flexibility index (Phi) is 5.46. The molecule has 2 aromatic rings. The topological polar surface area (TPSA) is 59.5 Å². The zero-order valence-electron chi connectivity index (χ0n) is 13.5. The predicted octanol–water partition coefficient (Wildman–Crippen LogP) is 2.99. The van der Waals surface area contributed by atoms with Crippen LogP contribution in [0.4, 0.5) is 5.69 Å². The number of nitrogens with zero attached hydrogens (tertiary/aromatic N) is 2. The molecule has 2 rings (SSSR count). The molecule has 0 saturated carbocycles. The zero-order chi connectivity index (χ0) is 16.8. The Bertz CT molecular complexity index is 686. The van der Waals surface area contributed by atoms with Gasteiger partial charge in [-0.3, -0.25) is 14.7 Å². The van der Waals surface area contributed by atoms with Crippen LogP contribution in [0.1, 0.15) is 29.3 Å². The molecule has 23 heavy (non-hydrogen) atoms. The average Bonchev–Trinajstić information content (AvgIpc) is 2.59. The predicted molar refractivity (Wildman–Crippen MR) is 88.3 cm³/mol. The molecule has 0 radical (unpaired) electrons. The SMILES string of the molecule is CC[C@H](C(=O)OC)N(C(=O)c1cncc(C)c1)c1ccccc1. The number of esters is 1. The van der Waals surface area contributed by atoms with Crippen LogP contribution in [0.2, 0.25) is 0 Å². The second-order valence-corrected chi connectivity index (χ2v) is 5.21. The van der Waals surface area contributed by atoms with E-state index < -0.39 is 12.0 Å². The van der Waals surface area contributed by atoms with Crippen LogP contribution in [-0.4, -0.2) is 30.0 Å². The van der Waals surface area contributed by atoms with Gasteiger partial charge in [-0.1, -0.05) is 25.1 Å². The quantitative estimate of drug-likeness (QED) is 0.796. The summed E-state index contributed by atoms with van der Waals surface area (Å²) >= 11 is 0. The zero-order valence-corrected chi connectivity index (χ0v) is 13.5. The maximum atomic E-state index is 13.0. The molecule has 0 aliphatic heterocycles. The maximum Gasteiger partial charge on any atom is 0.328 e. The second kappa shape index (κ2) is 7.54. The highest BCUT2D eigenvalue weighted by atomic mass is 16.5. The van der Waals surface area contributed by atoms with E-state index in [1.807, 2.05) is 32.0 Å². The Hall–Kier alpha value is -2.69. The summed E-state index contributed by atoms with van der Waals surface area (Å²) in [5.41, 5.74) is 1.97. The highest BCUT2D eigenvalue weighted by molar-refractivity contribution is 6.09. The van der Waals surface area contributed by atoms with Crippen molar-refractivity contribution in [3.8, 4) is 0 Å². The normalized spacial score (nSPS) is 11.6. The molecule has 0 saturated heterocycles. The summed E-state index contributed by atoms with van der Waals surface area (Å²) in [4.78, 5) is 30.7. The van der Waals surface area contributed by atoms with E-state index in [4.69, 9.17) is 4.74 Å². The number of ether oxygens (including phenoxy) is 1. The van der Waals surface area contributed by atoms with Crippen LogP contribution >= 0.6 is 0 Å². The summed E-state index contributed by atoms with van der Waals surface area (Å²) < 4.78 is 4.87. The molecule has 0 unspecified atom stereocenters. The molecule has 5 nitrogen and oxygen atoms in total. The number of carbonyl (C=O) groups excluding carboxylic acids is 2. The third-order valence-corrected chi connectivity index (χ3v) is 3.55. The van der Waals surface area contributed by atoms with Crippen molar-refractivity contribution in [3.05, 3.63) is 59.9 Å². The molecule has 0 aliphatic carbocycles. The van der Waals surface area contributed by atoms with Crippen molar-refractivity contribution in [1.29, 1.82) is 0 Å². The Morgan fingerprint density at radius 2 is 1.91 bits per heavy atom. The fraction of sp³-hybridized carbons (Fsp3) is 0.278. The molecule has 0 spiro atoms. The minimum Gasteiger partial charge on any atom is -0.467 e. The van der Waals surface area contributed by atoms with E-state index in [0.717, 1.165) is 5.56 Å². The number of aromatic nitrogens is 1. The van der Waals surface area contributed by atoms with Crippen LogP contribution in [0.3, 0.4) is 0 Å². The Labute approximate surface area is 135 Å². The monoisotopic (exact) mass is 312 g/mol. The van der Waals surface area contributed by atoms with Crippen molar-refractivity contribution in [2.45, 2.75) is 26.3 Å². The van der Waals surface area contributed by atoms with Crippen molar-refractivity contribution in [3.63, 3.8) is 0 Å². The van der Waals surface area contributed by atoms with Gasteiger partial charge >= 0.3 is 5.97 Å². The fourth-order valence-electron chi connectivity index (χ4n) is 2.43. The molecule has 5 heteroatoms. The number of rotatable bonds is 5. The summed E-state index contributed by atoms with van der Waals surface area (Å²) in [6, 6.07) is 10.2. The fourth-order valence-corrected chi connectivity index (χ4v) is 2.43. The van der Waals surface area contributed by atoms with Crippen molar-refractivity contribution >= 4 is 17.6 Å². The lowest BCUT2D eigenvalue weighted by Gasteiger charge is -2.29. The van der Waals surface area contributed by atoms with Gasteiger partial charge in [0.25, 0.3) is 5.91 Å². The summed E-state index contributed by atoms with van der Waals surface area (Å²) in [5, 5.41) is 0. The first-order valence-corrected chi connectivity index (χ1v) is 7.46. The summed E-state index contributed by atoms with van der Waals surface area (Å²) in [7, 11) is 1.33. The number of anilines is 1. The van der Waals surface area contributed by atoms with Gasteiger partial charge in [0.15, 0.2) is 0 Å². The summed E-state index contributed by atoms with van der Waals surface area (Å²) in [5.74, 6) is -0.713. The maximum absolute atomic E-state index is 13.0. The minimum absolute atomic E-state index is 0.273. The molecule has 1 aromatic carbocycles. The number of pyridine rings is 1. The molecular formula is C18H20N2O3. The van der Waals surface area contributed by atoms with E-state index >= 15 is 0 Å². The van der Waals surface area contributed by atoms with Crippen molar-refractivity contribution in [2.75, 3.05) is 12.0 Å². The van der Waals surface area contributed by atoms with Gasteiger partial charge in [0.05, 0.1) is 12.7 Å². The molecule has 1 amide bonds.